The largest absolute Gasteiger partial charge is 0.396 e. The number of aliphatic hydroxyl groups excluding tert-OH is 1. The summed E-state index contributed by atoms with van der Waals surface area (Å²) < 4.78 is 5.20. The van der Waals surface area contributed by atoms with E-state index in [1.807, 2.05) is 29.2 Å². The van der Waals surface area contributed by atoms with Crippen molar-refractivity contribution in [2.45, 2.75) is 6.42 Å². The molecule has 0 radical (unpaired) electrons. The molecule has 2 aromatic rings. The number of carbonyl (C=O) groups is 2. The maximum Gasteiger partial charge on any atom is 0.253 e. The lowest BCUT2D eigenvalue weighted by atomic mass is 10.1. The van der Waals surface area contributed by atoms with Crippen molar-refractivity contribution in [1.82, 2.24) is 0 Å². The summed E-state index contributed by atoms with van der Waals surface area (Å²) in [6, 6.07) is 14.2. The fourth-order valence-electron chi connectivity index (χ4n) is 3.69. The Kier molecular flexibility index (Phi) is 5.98. The van der Waals surface area contributed by atoms with Crippen molar-refractivity contribution in [2.75, 3.05) is 48.0 Å². The Bertz CT molecular complexity index is 1090. The van der Waals surface area contributed by atoms with Gasteiger partial charge in [0.05, 0.1) is 29.6 Å². The van der Waals surface area contributed by atoms with Gasteiger partial charge >= 0.3 is 0 Å². The second-order valence-corrected chi connectivity index (χ2v) is 7.24. The van der Waals surface area contributed by atoms with Crippen LogP contribution in [0, 0.1) is 11.3 Å². The first-order valence-electron chi connectivity index (χ1n) is 10.0. The predicted molar refractivity (Wildman–Crippen MR) is 116 cm³/mol. The van der Waals surface area contributed by atoms with E-state index in [0.717, 1.165) is 17.1 Å². The molecule has 2 heterocycles. The molecule has 31 heavy (non-hydrogen) atoms. The predicted octanol–water partition coefficient (Wildman–Crippen LogP) is 2.26. The van der Waals surface area contributed by atoms with E-state index in [9.17, 15) is 14.7 Å². The van der Waals surface area contributed by atoms with Gasteiger partial charge in [-0.15, -0.1) is 0 Å². The molecular weight excluding hydrogens is 396 g/mol. The minimum Gasteiger partial charge on any atom is -0.396 e. The maximum absolute atomic E-state index is 12.8. The molecular formula is C23H22N4O4. The van der Waals surface area contributed by atoms with Crippen LogP contribution in [-0.4, -0.2) is 49.7 Å². The molecule has 0 atom stereocenters. The molecule has 8 nitrogen and oxygen atoms in total. The summed E-state index contributed by atoms with van der Waals surface area (Å²) in [6.45, 7) is 1.58. The molecule has 8 heteroatoms. The number of aliphatic hydroxyl groups is 1. The molecule has 0 spiro atoms. The van der Waals surface area contributed by atoms with Gasteiger partial charge in [0.2, 0.25) is 0 Å². The third-order valence-electron chi connectivity index (χ3n) is 5.21. The Hall–Kier alpha value is -3.67. The van der Waals surface area contributed by atoms with E-state index >= 15 is 0 Å². The Balaban J connectivity index is 1.64. The number of amides is 1. The summed E-state index contributed by atoms with van der Waals surface area (Å²) in [5, 5.41) is 21.7. The van der Waals surface area contributed by atoms with Gasteiger partial charge < -0.3 is 25.0 Å². The van der Waals surface area contributed by atoms with Crippen molar-refractivity contribution >= 4 is 28.8 Å². The molecule has 2 aliphatic rings. The number of carbonyl (C=O) groups excluding carboxylic acids is 2. The van der Waals surface area contributed by atoms with Crippen LogP contribution in [0.15, 0.2) is 54.4 Å². The van der Waals surface area contributed by atoms with Crippen LogP contribution in [0.1, 0.15) is 22.3 Å². The van der Waals surface area contributed by atoms with Crippen LogP contribution in [0.5, 0.6) is 0 Å². The average Bonchev–Trinajstić information content (AvgIpc) is 3.13. The quantitative estimate of drug-likeness (QED) is 0.547. The summed E-state index contributed by atoms with van der Waals surface area (Å²) >= 11 is 0. The monoisotopic (exact) mass is 418 g/mol. The molecule has 1 fully saturated rings. The Morgan fingerprint density at radius 3 is 2.94 bits per heavy atom. The van der Waals surface area contributed by atoms with E-state index in [1.165, 1.54) is 6.08 Å². The third-order valence-corrected chi connectivity index (χ3v) is 5.21. The van der Waals surface area contributed by atoms with Gasteiger partial charge in [-0.25, -0.2) is 0 Å². The Morgan fingerprint density at radius 2 is 2.16 bits per heavy atom. The molecule has 1 amide bonds. The zero-order chi connectivity index (χ0) is 21.8. The minimum atomic E-state index is -0.231. The number of ether oxygens (including phenoxy) is 1. The number of morpholine rings is 1. The van der Waals surface area contributed by atoms with Crippen LogP contribution in [-0.2, 0) is 9.53 Å². The number of benzene rings is 2. The highest BCUT2D eigenvalue weighted by Gasteiger charge is 2.27. The first-order chi connectivity index (χ1) is 15.1. The zero-order valence-corrected chi connectivity index (χ0v) is 16.9. The first kappa shape index (κ1) is 20.6. The molecule has 2 N–H and O–H groups in total. The molecule has 158 valence electrons. The van der Waals surface area contributed by atoms with Crippen molar-refractivity contribution < 1.29 is 19.4 Å². The van der Waals surface area contributed by atoms with Crippen molar-refractivity contribution in [3.63, 3.8) is 0 Å². The molecule has 2 aromatic carbocycles. The van der Waals surface area contributed by atoms with Crippen molar-refractivity contribution in [2.24, 2.45) is 0 Å². The molecule has 0 aliphatic carbocycles. The summed E-state index contributed by atoms with van der Waals surface area (Å²) in [5.74, 6) is 0.260. The van der Waals surface area contributed by atoms with Crippen LogP contribution in [0.4, 0.5) is 17.1 Å². The van der Waals surface area contributed by atoms with E-state index in [0.29, 0.717) is 43.1 Å². The number of nitriles is 1. The zero-order valence-electron chi connectivity index (χ0n) is 16.9. The standard InChI is InChI=1S/C23H22N4O4/c24-14-16-3-1-4-17(11-16)21(29)13-22-25-19-12-18(26-8-10-31-15-23(26)30)5-6-20(19)27(22)7-2-9-28/h1,3-6,11-13,25,28H,2,7-10,15H2. The normalized spacial score (nSPS) is 16.8. The molecule has 2 aliphatic heterocycles. The lowest BCUT2D eigenvalue weighted by Gasteiger charge is -2.27. The highest BCUT2D eigenvalue weighted by molar-refractivity contribution is 6.06. The first-order valence-corrected chi connectivity index (χ1v) is 10.0. The van der Waals surface area contributed by atoms with Crippen molar-refractivity contribution in [1.29, 1.82) is 5.26 Å². The number of hydrogen-bond acceptors (Lipinski definition) is 7. The highest BCUT2D eigenvalue weighted by atomic mass is 16.5. The molecule has 0 aromatic heterocycles. The molecule has 1 saturated heterocycles. The van der Waals surface area contributed by atoms with Gasteiger partial charge in [-0.3, -0.25) is 9.59 Å². The number of hydrogen-bond donors (Lipinski definition) is 2. The van der Waals surface area contributed by atoms with Crippen LogP contribution < -0.4 is 15.1 Å². The number of nitrogens with zero attached hydrogens (tertiary/aromatic N) is 3. The van der Waals surface area contributed by atoms with Crippen LogP contribution in [0.2, 0.25) is 0 Å². The van der Waals surface area contributed by atoms with Crippen molar-refractivity contribution in [3.8, 4) is 6.07 Å². The van der Waals surface area contributed by atoms with E-state index in [1.54, 1.807) is 29.2 Å². The second-order valence-electron chi connectivity index (χ2n) is 7.24. The lowest BCUT2D eigenvalue weighted by molar-refractivity contribution is -0.125. The molecule has 4 rings (SSSR count). The number of ketones is 1. The van der Waals surface area contributed by atoms with Gasteiger partial charge in [0.15, 0.2) is 5.78 Å². The summed E-state index contributed by atoms with van der Waals surface area (Å²) in [6.07, 6.45) is 2.02. The Labute approximate surface area is 179 Å². The van der Waals surface area contributed by atoms with E-state index < -0.39 is 0 Å². The molecule has 0 unspecified atom stereocenters. The topological polar surface area (TPSA) is 106 Å². The second kappa shape index (κ2) is 9.00. The number of fused-ring (bicyclic) bond motifs is 1. The maximum atomic E-state index is 12.8. The summed E-state index contributed by atoms with van der Waals surface area (Å²) in [4.78, 5) is 28.6. The van der Waals surface area contributed by atoms with Gasteiger partial charge in [0, 0.05) is 37.0 Å². The molecule has 0 saturated carbocycles. The summed E-state index contributed by atoms with van der Waals surface area (Å²) in [7, 11) is 0. The number of rotatable bonds is 6. The van der Waals surface area contributed by atoms with Gasteiger partial charge in [-0.1, -0.05) is 12.1 Å². The van der Waals surface area contributed by atoms with Crippen molar-refractivity contribution in [3.05, 3.63) is 65.5 Å². The average molecular weight is 418 g/mol. The van der Waals surface area contributed by atoms with E-state index in [-0.39, 0.29) is 24.9 Å². The van der Waals surface area contributed by atoms with Gasteiger partial charge in [0.25, 0.3) is 5.91 Å². The van der Waals surface area contributed by atoms with Crippen LogP contribution >= 0.6 is 0 Å². The smallest absolute Gasteiger partial charge is 0.253 e. The van der Waals surface area contributed by atoms with Gasteiger partial charge in [0.1, 0.15) is 12.4 Å². The molecule has 0 bridgehead atoms. The highest BCUT2D eigenvalue weighted by Crippen LogP contribution is 2.39. The van der Waals surface area contributed by atoms with Crippen LogP contribution in [0.3, 0.4) is 0 Å². The van der Waals surface area contributed by atoms with Gasteiger partial charge in [-0.2, -0.15) is 5.26 Å². The fraction of sp³-hybridized carbons (Fsp3) is 0.261. The van der Waals surface area contributed by atoms with E-state index in [2.05, 4.69) is 5.32 Å². The number of anilines is 3. The fourth-order valence-corrected chi connectivity index (χ4v) is 3.69. The minimum absolute atomic E-state index is 0.0254. The van der Waals surface area contributed by atoms with E-state index in [4.69, 9.17) is 10.00 Å². The summed E-state index contributed by atoms with van der Waals surface area (Å²) in [5.41, 5.74) is 3.24. The number of allylic oxidation sites excluding steroid dienone is 1. The third kappa shape index (κ3) is 4.28. The van der Waals surface area contributed by atoms with Gasteiger partial charge in [-0.05, 0) is 36.8 Å². The number of nitrogens with one attached hydrogen (secondary N) is 1. The SMILES string of the molecule is N#Cc1cccc(C(=O)C=C2Nc3cc(N4CCOCC4=O)ccc3N2CCCO)c1. The Morgan fingerprint density at radius 1 is 1.29 bits per heavy atom. The lowest BCUT2D eigenvalue weighted by Crippen LogP contribution is -2.41. The van der Waals surface area contributed by atoms with Crippen LogP contribution in [0.25, 0.3) is 0 Å².